The number of nitrogens with one attached hydrogen (secondary N) is 1. The average molecular weight is 285 g/mol. The summed E-state index contributed by atoms with van der Waals surface area (Å²) >= 11 is 6.34. The molecule has 0 radical (unpaired) electrons. The van der Waals surface area contributed by atoms with E-state index in [1.165, 1.54) is 5.56 Å². The molecule has 1 aromatic rings. The van der Waals surface area contributed by atoms with Crippen LogP contribution in [0.5, 0.6) is 0 Å². The van der Waals surface area contributed by atoms with Gasteiger partial charge in [-0.05, 0) is 37.6 Å². The van der Waals surface area contributed by atoms with E-state index in [1.54, 1.807) is 0 Å². The molecule has 3 nitrogen and oxygen atoms in total. The van der Waals surface area contributed by atoms with Gasteiger partial charge < -0.3 is 15.0 Å². The van der Waals surface area contributed by atoms with Gasteiger partial charge in [0, 0.05) is 26.7 Å². The van der Waals surface area contributed by atoms with Gasteiger partial charge in [0.1, 0.15) is 0 Å². The van der Waals surface area contributed by atoms with Crippen LogP contribution < -0.4 is 10.2 Å². The minimum absolute atomic E-state index is 0.725. The topological polar surface area (TPSA) is 24.5 Å². The molecule has 0 heterocycles. The number of rotatable bonds is 9. The van der Waals surface area contributed by atoms with Crippen LogP contribution in [0.25, 0.3) is 0 Å². The van der Waals surface area contributed by atoms with Crippen LogP contribution in [0.4, 0.5) is 5.69 Å². The SMILES string of the molecule is CCCNCc1ccc(N(C)CCOCC)c(Cl)c1. The molecule has 0 fully saturated rings. The molecule has 0 aliphatic heterocycles. The van der Waals surface area contributed by atoms with E-state index in [1.807, 2.05) is 20.0 Å². The fourth-order valence-corrected chi connectivity index (χ4v) is 2.19. The summed E-state index contributed by atoms with van der Waals surface area (Å²) in [5.41, 5.74) is 2.28. The number of hydrogen-bond acceptors (Lipinski definition) is 3. The number of nitrogens with zero attached hydrogens (tertiary/aromatic N) is 1. The molecule has 0 bridgehead atoms. The average Bonchev–Trinajstić information content (AvgIpc) is 2.39. The van der Waals surface area contributed by atoms with Gasteiger partial charge >= 0.3 is 0 Å². The van der Waals surface area contributed by atoms with Gasteiger partial charge in [0.05, 0.1) is 17.3 Å². The summed E-state index contributed by atoms with van der Waals surface area (Å²) in [7, 11) is 2.04. The van der Waals surface area contributed by atoms with E-state index in [0.29, 0.717) is 0 Å². The molecule has 1 rings (SSSR count). The van der Waals surface area contributed by atoms with Crippen molar-refractivity contribution in [1.29, 1.82) is 0 Å². The molecule has 0 atom stereocenters. The van der Waals surface area contributed by atoms with Gasteiger partial charge in [-0.2, -0.15) is 0 Å². The summed E-state index contributed by atoms with van der Waals surface area (Å²) < 4.78 is 5.36. The first-order valence-corrected chi connectivity index (χ1v) is 7.34. The van der Waals surface area contributed by atoms with Crippen molar-refractivity contribution in [2.75, 3.05) is 38.3 Å². The number of ether oxygens (including phenoxy) is 1. The Balaban J connectivity index is 2.55. The largest absolute Gasteiger partial charge is 0.380 e. The van der Waals surface area contributed by atoms with E-state index in [9.17, 15) is 0 Å². The first-order chi connectivity index (χ1) is 9.19. The van der Waals surface area contributed by atoms with E-state index in [-0.39, 0.29) is 0 Å². The van der Waals surface area contributed by atoms with Gasteiger partial charge in [-0.3, -0.25) is 0 Å². The molecule has 4 heteroatoms. The Labute approximate surface area is 121 Å². The highest BCUT2D eigenvalue weighted by Gasteiger charge is 2.06. The Morgan fingerprint density at radius 1 is 1.32 bits per heavy atom. The lowest BCUT2D eigenvalue weighted by molar-refractivity contribution is 0.154. The molecule has 0 aromatic heterocycles. The van der Waals surface area contributed by atoms with Gasteiger partial charge in [0.2, 0.25) is 0 Å². The molecule has 0 amide bonds. The lowest BCUT2D eigenvalue weighted by atomic mass is 10.2. The molecule has 108 valence electrons. The zero-order valence-electron chi connectivity index (χ0n) is 12.2. The van der Waals surface area contributed by atoms with Crippen molar-refractivity contribution >= 4 is 17.3 Å². The Bertz CT molecular complexity index is 371. The molecule has 0 saturated heterocycles. The second kappa shape index (κ2) is 9.18. The van der Waals surface area contributed by atoms with Crippen LogP contribution in [0, 0.1) is 0 Å². The number of halogens is 1. The molecule has 0 unspecified atom stereocenters. The highest BCUT2D eigenvalue weighted by atomic mass is 35.5. The van der Waals surface area contributed by atoms with Crippen LogP contribution in [0.2, 0.25) is 5.02 Å². The van der Waals surface area contributed by atoms with Gasteiger partial charge in [0.15, 0.2) is 0 Å². The van der Waals surface area contributed by atoms with Crippen LogP contribution in [0.3, 0.4) is 0 Å². The summed E-state index contributed by atoms with van der Waals surface area (Å²) in [6.45, 7) is 8.40. The van der Waals surface area contributed by atoms with E-state index in [4.69, 9.17) is 16.3 Å². The third-order valence-electron chi connectivity index (χ3n) is 2.95. The van der Waals surface area contributed by atoms with E-state index in [0.717, 1.165) is 50.0 Å². The number of anilines is 1. The summed E-state index contributed by atoms with van der Waals surface area (Å²) in [4.78, 5) is 2.13. The van der Waals surface area contributed by atoms with E-state index >= 15 is 0 Å². The first kappa shape index (κ1) is 16.3. The zero-order valence-corrected chi connectivity index (χ0v) is 13.0. The first-order valence-electron chi connectivity index (χ1n) is 6.97. The van der Waals surface area contributed by atoms with Gasteiger partial charge in [-0.1, -0.05) is 24.6 Å². The van der Waals surface area contributed by atoms with Crippen molar-refractivity contribution in [3.63, 3.8) is 0 Å². The highest BCUT2D eigenvalue weighted by molar-refractivity contribution is 6.33. The lowest BCUT2D eigenvalue weighted by Crippen LogP contribution is -2.23. The van der Waals surface area contributed by atoms with Crippen molar-refractivity contribution in [2.24, 2.45) is 0 Å². The van der Waals surface area contributed by atoms with Crippen LogP contribution in [0.15, 0.2) is 18.2 Å². The molecule has 19 heavy (non-hydrogen) atoms. The zero-order chi connectivity index (χ0) is 14.1. The predicted molar refractivity (Wildman–Crippen MR) is 83.2 cm³/mol. The summed E-state index contributed by atoms with van der Waals surface area (Å²) in [5, 5.41) is 4.18. The molecule has 0 aliphatic carbocycles. The molecule has 0 spiro atoms. The fraction of sp³-hybridized carbons (Fsp3) is 0.600. The van der Waals surface area contributed by atoms with Crippen molar-refractivity contribution < 1.29 is 4.74 Å². The van der Waals surface area contributed by atoms with Gasteiger partial charge in [0.25, 0.3) is 0 Å². The number of benzene rings is 1. The van der Waals surface area contributed by atoms with Crippen LogP contribution in [-0.4, -0.2) is 33.4 Å². The predicted octanol–water partition coefficient (Wildman–Crippen LogP) is 3.31. The summed E-state index contributed by atoms with van der Waals surface area (Å²) in [6.07, 6.45) is 1.14. The minimum Gasteiger partial charge on any atom is -0.380 e. The number of likely N-dealkylation sites (N-methyl/N-ethyl adjacent to an activating group) is 1. The number of hydrogen-bond donors (Lipinski definition) is 1. The standard InChI is InChI=1S/C15H25ClN2O/c1-4-8-17-12-13-6-7-15(14(16)11-13)18(3)9-10-19-5-2/h6-7,11,17H,4-5,8-10,12H2,1-3H3. The second-order valence-corrected chi connectivity index (χ2v) is 4.99. The van der Waals surface area contributed by atoms with E-state index < -0.39 is 0 Å². The highest BCUT2D eigenvalue weighted by Crippen LogP contribution is 2.25. The summed E-state index contributed by atoms with van der Waals surface area (Å²) in [5.74, 6) is 0. The Hall–Kier alpha value is -0.770. The Kier molecular flexibility index (Phi) is 7.87. The fourth-order valence-electron chi connectivity index (χ4n) is 1.85. The van der Waals surface area contributed by atoms with Crippen molar-refractivity contribution in [3.05, 3.63) is 28.8 Å². The minimum atomic E-state index is 0.725. The third kappa shape index (κ3) is 5.81. The molecular formula is C15H25ClN2O. The monoisotopic (exact) mass is 284 g/mol. The maximum Gasteiger partial charge on any atom is 0.0642 e. The van der Waals surface area contributed by atoms with Gasteiger partial charge in [-0.25, -0.2) is 0 Å². The molecule has 0 aliphatic rings. The van der Waals surface area contributed by atoms with E-state index in [2.05, 4.69) is 29.3 Å². The van der Waals surface area contributed by atoms with Crippen LogP contribution >= 0.6 is 11.6 Å². The third-order valence-corrected chi connectivity index (χ3v) is 3.26. The Morgan fingerprint density at radius 3 is 2.74 bits per heavy atom. The van der Waals surface area contributed by atoms with Crippen molar-refractivity contribution in [3.8, 4) is 0 Å². The Morgan fingerprint density at radius 2 is 2.11 bits per heavy atom. The van der Waals surface area contributed by atoms with Crippen molar-refractivity contribution in [1.82, 2.24) is 5.32 Å². The maximum absolute atomic E-state index is 6.34. The molecule has 1 aromatic carbocycles. The lowest BCUT2D eigenvalue weighted by Gasteiger charge is -2.21. The molecular weight excluding hydrogens is 260 g/mol. The molecule has 0 saturated carbocycles. The maximum atomic E-state index is 6.34. The van der Waals surface area contributed by atoms with Gasteiger partial charge in [-0.15, -0.1) is 0 Å². The smallest absolute Gasteiger partial charge is 0.0642 e. The quantitative estimate of drug-likeness (QED) is 0.704. The molecule has 1 N–H and O–H groups in total. The van der Waals surface area contributed by atoms with Crippen molar-refractivity contribution in [2.45, 2.75) is 26.8 Å². The summed E-state index contributed by atoms with van der Waals surface area (Å²) in [6, 6.07) is 6.25. The van der Waals surface area contributed by atoms with Crippen LogP contribution in [0.1, 0.15) is 25.8 Å². The second-order valence-electron chi connectivity index (χ2n) is 4.58. The van der Waals surface area contributed by atoms with Crippen LogP contribution in [-0.2, 0) is 11.3 Å². The normalized spacial score (nSPS) is 10.7.